The molecule has 0 bridgehead atoms. The number of halogens is 2. The molecule has 1 saturated carbocycles. The average molecular weight is 752 g/mol. The third-order valence-electron chi connectivity index (χ3n) is 7.30. The number of carbonyl (C=O) groups is 3. The Balaban J connectivity index is 0.000000198. The maximum atomic E-state index is 12.3. The quantitative estimate of drug-likeness (QED) is 0.139. The van der Waals surface area contributed by atoms with Crippen molar-refractivity contribution in [2.75, 3.05) is 5.32 Å². The van der Waals surface area contributed by atoms with E-state index in [0.29, 0.717) is 33.2 Å². The monoisotopic (exact) mass is 749 g/mol. The van der Waals surface area contributed by atoms with E-state index in [0.717, 1.165) is 29.5 Å². The fourth-order valence-electron chi connectivity index (χ4n) is 5.00. The third kappa shape index (κ3) is 8.88. The van der Waals surface area contributed by atoms with Crippen LogP contribution in [0.1, 0.15) is 67.6 Å². The van der Waals surface area contributed by atoms with Crippen LogP contribution in [-0.4, -0.2) is 34.0 Å². The number of Topliss-reactive ketones (excluding diaryl/α,β-unsaturated/α-hetero) is 1. The molecule has 2 amide bonds. The number of nitrogens with one attached hydrogen (secondary N) is 2. The number of hydrogen-bond acceptors (Lipinski definition) is 5. The lowest BCUT2D eigenvalue weighted by Crippen LogP contribution is -2.30. The first-order valence-corrected chi connectivity index (χ1v) is 16.7. The van der Waals surface area contributed by atoms with Gasteiger partial charge in [-0.05, 0) is 120 Å². The molecule has 0 spiro atoms. The van der Waals surface area contributed by atoms with E-state index >= 15 is 0 Å². The molecule has 240 valence electrons. The second-order valence-corrected chi connectivity index (χ2v) is 14.1. The van der Waals surface area contributed by atoms with Gasteiger partial charge in [0.05, 0.1) is 15.7 Å². The lowest BCUT2D eigenvalue weighted by atomic mass is 10.1. The number of hydrogen-bond donors (Lipinski definition) is 2. The van der Waals surface area contributed by atoms with Crippen LogP contribution in [0.15, 0.2) is 75.8 Å². The van der Waals surface area contributed by atoms with Gasteiger partial charge in [0.15, 0.2) is 5.78 Å². The second-order valence-electron chi connectivity index (χ2n) is 12.4. The molecular weight excluding hydrogens is 714 g/mol. The number of esters is 1. The van der Waals surface area contributed by atoms with Crippen molar-refractivity contribution in [3.63, 3.8) is 0 Å². The molecule has 0 unspecified atom stereocenters. The maximum Gasteiger partial charge on any atom is 0.326 e. The summed E-state index contributed by atoms with van der Waals surface area (Å²) in [5, 5.41) is 6.39. The van der Waals surface area contributed by atoms with E-state index in [9.17, 15) is 14.4 Å². The molecule has 2 N–H and O–H groups in total. The topological polar surface area (TPSA) is 98.7 Å². The van der Waals surface area contributed by atoms with E-state index in [1.54, 1.807) is 43.7 Å². The van der Waals surface area contributed by atoms with Crippen molar-refractivity contribution in [3.05, 3.63) is 98.1 Å². The summed E-state index contributed by atoms with van der Waals surface area (Å²) >= 11 is 7.03. The number of aromatic nitrogens is 1. The number of fused-ring (bicyclic) bond motifs is 2. The zero-order chi connectivity index (χ0) is 33.0. The predicted molar refractivity (Wildman–Crippen MR) is 188 cm³/mol. The van der Waals surface area contributed by atoms with Crippen LogP contribution in [0.25, 0.3) is 17.0 Å². The summed E-state index contributed by atoms with van der Waals surface area (Å²) in [5.41, 5.74) is 4.94. The summed E-state index contributed by atoms with van der Waals surface area (Å²) in [6.07, 6.45) is 8.99. The molecule has 2 aliphatic carbocycles. The number of ether oxygens (including phenoxy) is 2. The Bertz CT molecular complexity index is 1800. The first-order valence-electron chi connectivity index (χ1n) is 15.1. The van der Waals surface area contributed by atoms with E-state index in [2.05, 4.69) is 78.9 Å². The molecule has 46 heavy (non-hydrogen) atoms. The standard InChI is InChI=1S/C20H24BrN3O4.C16H13BrO/c1-11(25)14-9-24(10-18(26)28-20(2,3)4)17-8-16(15(21)7-13(14)17)23-19(27)22-12-5-6-12;17-15-9-13-7-4-8-14(13)10-16(15)18-11-12-5-2-1-3-6-12/h7-9,12H,5-6,10H2,1-4H3,(H2,22,23,27);1-6,8-10H,7,11H2. The summed E-state index contributed by atoms with van der Waals surface area (Å²) < 4.78 is 14.6. The SMILES string of the molecule is Brc1cc2c(cc1OCc1ccccc1)C=CC2.CC(=O)c1cn(CC(=O)OC(C)(C)C)c2cc(NC(=O)NC3CC3)c(Br)cc12. The van der Waals surface area contributed by atoms with Gasteiger partial charge >= 0.3 is 12.0 Å². The van der Waals surface area contributed by atoms with Gasteiger partial charge in [0.25, 0.3) is 0 Å². The number of amides is 2. The zero-order valence-electron chi connectivity index (χ0n) is 26.3. The van der Waals surface area contributed by atoms with E-state index < -0.39 is 11.6 Å². The predicted octanol–water partition coefficient (Wildman–Crippen LogP) is 8.83. The van der Waals surface area contributed by atoms with Crippen molar-refractivity contribution in [1.29, 1.82) is 0 Å². The molecule has 1 fully saturated rings. The Morgan fingerprint density at radius 3 is 2.41 bits per heavy atom. The lowest BCUT2D eigenvalue weighted by molar-refractivity contribution is -0.155. The van der Waals surface area contributed by atoms with Gasteiger partial charge in [0, 0.05) is 27.7 Å². The van der Waals surface area contributed by atoms with E-state index in [1.165, 1.54) is 23.6 Å². The number of urea groups is 1. The number of ketones is 1. The van der Waals surface area contributed by atoms with E-state index in [4.69, 9.17) is 9.47 Å². The van der Waals surface area contributed by atoms with Crippen LogP contribution in [0.4, 0.5) is 10.5 Å². The molecule has 1 heterocycles. The van der Waals surface area contributed by atoms with Gasteiger partial charge in [-0.2, -0.15) is 0 Å². The highest BCUT2D eigenvalue weighted by molar-refractivity contribution is 9.11. The molecule has 8 nitrogen and oxygen atoms in total. The number of benzene rings is 3. The number of nitrogens with zero attached hydrogens (tertiary/aromatic N) is 1. The number of carbonyl (C=O) groups excluding carboxylic acids is 3. The number of allylic oxidation sites excluding steroid dienone is 1. The Hall–Kier alpha value is -3.89. The molecule has 10 heteroatoms. The summed E-state index contributed by atoms with van der Waals surface area (Å²) in [6.45, 7) is 7.46. The Morgan fingerprint density at radius 1 is 1.00 bits per heavy atom. The van der Waals surface area contributed by atoms with Gasteiger partial charge in [-0.25, -0.2) is 4.79 Å². The first kappa shape index (κ1) is 33.5. The van der Waals surface area contributed by atoms with Crippen molar-refractivity contribution in [1.82, 2.24) is 9.88 Å². The van der Waals surface area contributed by atoms with Crippen molar-refractivity contribution >= 4 is 72.3 Å². The van der Waals surface area contributed by atoms with Crippen LogP contribution < -0.4 is 15.4 Å². The number of anilines is 1. The molecule has 3 aromatic carbocycles. The normalized spacial score (nSPS) is 13.4. The summed E-state index contributed by atoms with van der Waals surface area (Å²) in [6, 6.07) is 18.0. The Morgan fingerprint density at radius 2 is 1.74 bits per heavy atom. The lowest BCUT2D eigenvalue weighted by Gasteiger charge is -2.20. The molecule has 6 rings (SSSR count). The summed E-state index contributed by atoms with van der Waals surface area (Å²) in [7, 11) is 0. The van der Waals surface area contributed by atoms with Gasteiger partial charge in [-0.1, -0.05) is 42.5 Å². The molecule has 0 radical (unpaired) electrons. The molecular formula is C36H37Br2N3O5. The second kappa shape index (κ2) is 14.3. The average Bonchev–Trinajstić information content (AvgIpc) is 3.57. The smallest absolute Gasteiger partial charge is 0.326 e. The van der Waals surface area contributed by atoms with Gasteiger partial charge in [0.2, 0.25) is 0 Å². The van der Waals surface area contributed by atoms with E-state index in [1.807, 2.05) is 18.2 Å². The van der Waals surface area contributed by atoms with Crippen molar-refractivity contribution in [2.24, 2.45) is 0 Å². The van der Waals surface area contributed by atoms with Gasteiger partial charge < -0.3 is 24.7 Å². The van der Waals surface area contributed by atoms with Crippen LogP contribution in [0.2, 0.25) is 0 Å². The maximum absolute atomic E-state index is 12.3. The third-order valence-corrected chi connectivity index (χ3v) is 8.57. The minimum atomic E-state index is -0.597. The van der Waals surface area contributed by atoms with Gasteiger partial charge in [0.1, 0.15) is 24.5 Å². The molecule has 0 saturated heterocycles. The summed E-state index contributed by atoms with van der Waals surface area (Å²) in [4.78, 5) is 36.5. The van der Waals surface area contributed by atoms with Crippen molar-refractivity contribution in [2.45, 2.75) is 71.8 Å². The van der Waals surface area contributed by atoms with Crippen LogP contribution >= 0.6 is 31.9 Å². The van der Waals surface area contributed by atoms with Gasteiger partial charge in [-0.15, -0.1) is 0 Å². The molecule has 4 aromatic rings. The van der Waals surface area contributed by atoms with Crippen LogP contribution in [0.5, 0.6) is 5.75 Å². The fraction of sp³-hybridized carbons (Fsp3) is 0.306. The van der Waals surface area contributed by atoms with Gasteiger partial charge in [-0.3, -0.25) is 9.59 Å². The fourth-order valence-corrected chi connectivity index (χ4v) is 5.95. The molecule has 1 aromatic heterocycles. The summed E-state index contributed by atoms with van der Waals surface area (Å²) in [5.74, 6) is 0.402. The molecule has 0 aliphatic heterocycles. The highest BCUT2D eigenvalue weighted by atomic mass is 79.9. The van der Waals surface area contributed by atoms with Crippen LogP contribution in [-0.2, 0) is 29.1 Å². The highest BCUT2D eigenvalue weighted by Crippen LogP contribution is 2.34. The van der Waals surface area contributed by atoms with Crippen LogP contribution in [0.3, 0.4) is 0 Å². The van der Waals surface area contributed by atoms with Crippen molar-refractivity contribution in [3.8, 4) is 5.75 Å². The largest absolute Gasteiger partial charge is 0.488 e. The Kier molecular flexibility index (Phi) is 10.4. The highest BCUT2D eigenvalue weighted by Gasteiger charge is 2.24. The first-order chi connectivity index (χ1) is 21.9. The molecule has 0 atom stereocenters. The number of rotatable bonds is 8. The minimum Gasteiger partial charge on any atom is -0.488 e. The van der Waals surface area contributed by atoms with E-state index in [-0.39, 0.29) is 24.4 Å². The minimum absolute atomic E-state index is 0.0314. The van der Waals surface area contributed by atoms with Crippen LogP contribution in [0, 0.1) is 0 Å². The molecule has 2 aliphatic rings. The Labute approximate surface area is 285 Å². The van der Waals surface area contributed by atoms with Crippen molar-refractivity contribution < 1.29 is 23.9 Å². The zero-order valence-corrected chi connectivity index (χ0v) is 29.5.